The number of nitrogens with two attached hydrogens (primary N) is 1. The second-order valence-corrected chi connectivity index (χ2v) is 3.62. The van der Waals surface area contributed by atoms with Gasteiger partial charge < -0.3 is 11.1 Å². The molecule has 0 aliphatic heterocycles. The van der Waals surface area contributed by atoms with Crippen LogP contribution in [0.4, 0.5) is 11.4 Å². The molecule has 5 nitrogen and oxygen atoms in total. The van der Waals surface area contributed by atoms with E-state index in [0.717, 1.165) is 5.56 Å². The quantitative estimate of drug-likeness (QED) is 0.632. The highest BCUT2D eigenvalue weighted by Gasteiger charge is 1.97. The third-order valence-corrected chi connectivity index (χ3v) is 2.17. The molecule has 1 amide bonds. The molecule has 0 unspecified atom stereocenters. The van der Waals surface area contributed by atoms with Gasteiger partial charge in [-0.05, 0) is 23.8 Å². The second kappa shape index (κ2) is 5.58. The zero-order valence-corrected chi connectivity index (χ0v) is 9.58. The van der Waals surface area contributed by atoms with Crippen LogP contribution in [0.2, 0.25) is 0 Å². The summed E-state index contributed by atoms with van der Waals surface area (Å²) in [5.41, 5.74) is 7.72. The molecule has 0 radical (unpaired) electrons. The van der Waals surface area contributed by atoms with E-state index in [-0.39, 0.29) is 5.91 Å². The summed E-state index contributed by atoms with van der Waals surface area (Å²) < 4.78 is 0. The lowest BCUT2D eigenvalue weighted by atomic mass is 10.2. The van der Waals surface area contributed by atoms with Crippen molar-refractivity contribution in [1.82, 2.24) is 9.97 Å². The summed E-state index contributed by atoms with van der Waals surface area (Å²) in [6, 6.07) is 7.28. The van der Waals surface area contributed by atoms with Crippen molar-refractivity contribution in [3.63, 3.8) is 0 Å². The van der Waals surface area contributed by atoms with Crippen LogP contribution in [0.3, 0.4) is 0 Å². The Labute approximate surface area is 104 Å². The summed E-state index contributed by atoms with van der Waals surface area (Å²) in [6.45, 7) is 0. The van der Waals surface area contributed by atoms with Crippen LogP contribution in [0.15, 0.2) is 49.1 Å². The van der Waals surface area contributed by atoms with Gasteiger partial charge in [0.2, 0.25) is 5.91 Å². The number of benzene rings is 1. The highest BCUT2D eigenvalue weighted by Crippen LogP contribution is 2.08. The number of nitrogen functional groups attached to an aromatic ring is 1. The Kier molecular flexibility index (Phi) is 3.66. The summed E-state index contributed by atoms with van der Waals surface area (Å²) in [5.74, 6) is -0.243. The smallest absolute Gasteiger partial charge is 0.248 e. The first-order chi connectivity index (χ1) is 8.74. The van der Waals surface area contributed by atoms with E-state index in [2.05, 4.69) is 15.3 Å². The molecule has 0 bridgehead atoms. The maximum Gasteiger partial charge on any atom is 0.248 e. The first kappa shape index (κ1) is 11.8. The van der Waals surface area contributed by atoms with Gasteiger partial charge in [-0.3, -0.25) is 4.79 Å². The van der Waals surface area contributed by atoms with Crippen LogP contribution < -0.4 is 11.1 Å². The standard InChI is InChI=1S/C13H12N4O/c14-11-3-1-2-10(6-11)4-5-13(18)17-12-7-15-9-16-8-12/h1-9H,14H2,(H,17,18)/b5-4+. The monoisotopic (exact) mass is 240 g/mol. The van der Waals surface area contributed by atoms with E-state index < -0.39 is 0 Å². The molecule has 3 N–H and O–H groups in total. The molecule has 0 spiro atoms. The fourth-order valence-electron chi connectivity index (χ4n) is 1.38. The fraction of sp³-hybridized carbons (Fsp3) is 0. The summed E-state index contributed by atoms with van der Waals surface area (Å²) in [7, 11) is 0. The second-order valence-electron chi connectivity index (χ2n) is 3.62. The van der Waals surface area contributed by atoms with E-state index in [1.807, 2.05) is 12.1 Å². The van der Waals surface area contributed by atoms with E-state index in [9.17, 15) is 4.79 Å². The van der Waals surface area contributed by atoms with E-state index >= 15 is 0 Å². The first-order valence-electron chi connectivity index (χ1n) is 5.33. The Balaban J connectivity index is 1.99. The Bertz CT molecular complexity index is 566. The fourth-order valence-corrected chi connectivity index (χ4v) is 1.38. The Morgan fingerprint density at radius 2 is 2.06 bits per heavy atom. The summed E-state index contributed by atoms with van der Waals surface area (Å²) in [4.78, 5) is 19.2. The van der Waals surface area contributed by atoms with E-state index in [4.69, 9.17) is 5.73 Å². The van der Waals surface area contributed by atoms with Gasteiger partial charge in [-0.25, -0.2) is 9.97 Å². The average Bonchev–Trinajstić information content (AvgIpc) is 2.38. The van der Waals surface area contributed by atoms with Crippen molar-refractivity contribution in [2.24, 2.45) is 0 Å². The van der Waals surface area contributed by atoms with Gasteiger partial charge in [-0.15, -0.1) is 0 Å². The molecule has 0 atom stereocenters. The van der Waals surface area contributed by atoms with Crippen molar-refractivity contribution < 1.29 is 4.79 Å². The van der Waals surface area contributed by atoms with Crippen LogP contribution in [0, 0.1) is 0 Å². The lowest BCUT2D eigenvalue weighted by Gasteiger charge is -1.99. The van der Waals surface area contributed by atoms with Gasteiger partial charge in [-0.1, -0.05) is 12.1 Å². The number of carbonyl (C=O) groups excluding carboxylic acids is 1. The van der Waals surface area contributed by atoms with Crippen LogP contribution in [-0.2, 0) is 4.79 Å². The highest BCUT2D eigenvalue weighted by atomic mass is 16.1. The Morgan fingerprint density at radius 1 is 1.28 bits per heavy atom. The summed E-state index contributed by atoms with van der Waals surface area (Å²) in [6.07, 6.45) is 7.58. The van der Waals surface area contributed by atoms with E-state index in [0.29, 0.717) is 11.4 Å². The minimum atomic E-state index is -0.243. The maximum atomic E-state index is 11.6. The number of aromatic nitrogens is 2. The number of amides is 1. The molecule has 1 heterocycles. The molecule has 2 aromatic rings. The van der Waals surface area contributed by atoms with Crippen molar-refractivity contribution in [3.05, 3.63) is 54.6 Å². The highest BCUT2D eigenvalue weighted by molar-refractivity contribution is 6.01. The molecular weight excluding hydrogens is 228 g/mol. The lowest BCUT2D eigenvalue weighted by Crippen LogP contribution is -2.08. The van der Waals surface area contributed by atoms with Crippen LogP contribution in [-0.4, -0.2) is 15.9 Å². The van der Waals surface area contributed by atoms with Gasteiger partial charge in [0.1, 0.15) is 6.33 Å². The maximum absolute atomic E-state index is 11.6. The summed E-state index contributed by atoms with van der Waals surface area (Å²) >= 11 is 0. The number of nitrogens with one attached hydrogen (secondary N) is 1. The van der Waals surface area contributed by atoms with E-state index in [1.54, 1.807) is 18.2 Å². The zero-order valence-electron chi connectivity index (χ0n) is 9.58. The number of nitrogens with zero attached hydrogens (tertiary/aromatic N) is 2. The van der Waals surface area contributed by atoms with Gasteiger partial charge in [0, 0.05) is 11.8 Å². The van der Waals surface area contributed by atoms with E-state index in [1.165, 1.54) is 24.8 Å². The number of carbonyl (C=O) groups is 1. The zero-order chi connectivity index (χ0) is 12.8. The predicted octanol–water partition coefficient (Wildman–Crippen LogP) is 1.71. The number of hydrogen-bond acceptors (Lipinski definition) is 4. The van der Waals surface area contributed by atoms with Crippen molar-refractivity contribution >= 4 is 23.4 Å². The molecule has 0 saturated heterocycles. The molecule has 1 aromatic heterocycles. The molecule has 5 heteroatoms. The predicted molar refractivity (Wildman–Crippen MR) is 70.6 cm³/mol. The Hall–Kier alpha value is -2.69. The first-order valence-corrected chi connectivity index (χ1v) is 5.33. The summed E-state index contributed by atoms with van der Waals surface area (Å²) in [5, 5.41) is 2.64. The third kappa shape index (κ3) is 3.41. The average molecular weight is 240 g/mol. The van der Waals surface area contributed by atoms with Gasteiger partial charge in [0.25, 0.3) is 0 Å². The van der Waals surface area contributed by atoms with Crippen LogP contribution >= 0.6 is 0 Å². The van der Waals surface area contributed by atoms with Gasteiger partial charge in [0.15, 0.2) is 0 Å². The topological polar surface area (TPSA) is 80.9 Å². The van der Waals surface area contributed by atoms with Crippen molar-refractivity contribution in [3.8, 4) is 0 Å². The van der Waals surface area contributed by atoms with Crippen molar-refractivity contribution in [1.29, 1.82) is 0 Å². The molecule has 90 valence electrons. The third-order valence-electron chi connectivity index (χ3n) is 2.17. The van der Waals surface area contributed by atoms with Gasteiger partial charge in [0.05, 0.1) is 18.1 Å². The van der Waals surface area contributed by atoms with Gasteiger partial charge >= 0.3 is 0 Å². The molecule has 1 aromatic carbocycles. The molecule has 2 rings (SSSR count). The van der Waals surface area contributed by atoms with Crippen LogP contribution in [0.25, 0.3) is 6.08 Å². The molecule has 18 heavy (non-hydrogen) atoms. The minimum Gasteiger partial charge on any atom is -0.399 e. The lowest BCUT2D eigenvalue weighted by molar-refractivity contribution is -0.111. The normalized spacial score (nSPS) is 10.4. The Morgan fingerprint density at radius 3 is 2.78 bits per heavy atom. The minimum absolute atomic E-state index is 0.243. The molecule has 0 saturated carbocycles. The molecule has 0 aliphatic rings. The molecule has 0 aliphatic carbocycles. The largest absolute Gasteiger partial charge is 0.399 e. The van der Waals surface area contributed by atoms with Crippen LogP contribution in [0.1, 0.15) is 5.56 Å². The van der Waals surface area contributed by atoms with Gasteiger partial charge in [-0.2, -0.15) is 0 Å². The SMILES string of the molecule is Nc1cccc(/C=C/C(=O)Nc2cncnc2)c1. The van der Waals surface area contributed by atoms with Crippen molar-refractivity contribution in [2.75, 3.05) is 11.1 Å². The molecule has 0 fully saturated rings. The van der Waals surface area contributed by atoms with Crippen LogP contribution in [0.5, 0.6) is 0 Å². The molecular formula is C13H12N4O. The number of hydrogen-bond donors (Lipinski definition) is 2. The number of rotatable bonds is 3. The number of anilines is 2. The van der Waals surface area contributed by atoms with Crippen molar-refractivity contribution in [2.45, 2.75) is 0 Å².